The molecule has 1 aromatic heterocycles. The minimum absolute atomic E-state index is 0.0510. The summed E-state index contributed by atoms with van der Waals surface area (Å²) in [6.45, 7) is 0.946. The van der Waals surface area contributed by atoms with E-state index in [4.69, 9.17) is 5.53 Å². The number of rotatable bonds is 3. The van der Waals surface area contributed by atoms with Crippen LogP contribution in [0.4, 0.5) is 5.69 Å². The second-order valence-corrected chi connectivity index (χ2v) is 4.67. The standard InChI is InChI=1S/C10H10BrN5O/c11-8-5-13-2-1-9(8)16-6-7(3-10(16)17)4-14-15-12/h1-2,5,7H,3-4,6H2. The molecule has 2 rings (SSSR count). The molecule has 1 saturated heterocycles. The van der Waals surface area contributed by atoms with Crippen LogP contribution in [0.2, 0.25) is 0 Å². The SMILES string of the molecule is [N-]=[N+]=NCC1CC(=O)N(c2ccncc2Br)C1. The number of amides is 1. The number of nitrogens with zero attached hydrogens (tertiary/aromatic N) is 5. The molecule has 0 bridgehead atoms. The summed E-state index contributed by atoms with van der Waals surface area (Å²) in [5.74, 6) is 0.147. The van der Waals surface area contributed by atoms with Crippen molar-refractivity contribution in [2.75, 3.05) is 18.0 Å². The van der Waals surface area contributed by atoms with Crippen molar-refractivity contribution in [3.63, 3.8) is 0 Å². The van der Waals surface area contributed by atoms with E-state index in [0.717, 1.165) is 10.2 Å². The van der Waals surface area contributed by atoms with E-state index in [1.165, 1.54) is 0 Å². The largest absolute Gasteiger partial charge is 0.311 e. The highest BCUT2D eigenvalue weighted by Gasteiger charge is 2.30. The molecule has 1 unspecified atom stereocenters. The third-order valence-corrected chi connectivity index (χ3v) is 3.26. The molecule has 0 aliphatic carbocycles. The molecule has 2 heterocycles. The zero-order chi connectivity index (χ0) is 12.3. The molecule has 1 atom stereocenters. The molecule has 0 saturated carbocycles. The quantitative estimate of drug-likeness (QED) is 0.488. The van der Waals surface area contributed by atoms with E-state index >= 15 is 0 Å². The Morgan fingerprint density at radius 1 is 1.71 bits per heavy atom. The van der Waals surface area contributed by atoms with Gasteiger partial charge in [-0.3, -0.25) is 9.78 Å². The van der Waals surface area contributed by atoms with Crippen LogP contribution in [0, 0.1) is 5.92 Å². The molecule has 1 aliphatic rings. The topological polar surface area (TPSA) is 82.0 Å². The molecule has 6 nitrogen and oxygen atoms in total. The normalized spacial score (nSPS) is 19.2. The lowest BCUT2D eigenvalue weighted by atomic mass is 10.1. The molecule has 7 heteroatoms. The van der Waals surface area contributed by atoms with Gasteiger partial charge in [-0.2, -0.15) is 0 Å². The van der Waals surface area contributed by atoms with E-state index in [1.807, 2.05) is 0 Å². The Morgan fingerprint density at radius 3 is 3.24 bits per heavy atom. The predicted molar refractivity (Wildman–Crippen MR) is 66.4 cm³/mol. The van der Waals surface area contributed by atoms with E-state index in [2.05, 4.69) is 30.9 Å². The van der Waals surface area contributed by atoms with Crippen LogP contribution < -0.4 is 4.90 Å². The molecule has 0 spiro atoms. The van der Waals surface area contributed by atoms with Gasteiger partial charge in [-0.1, -0.05) is 5.11 Å². The zero-order valence-corrected chi connectivity index (χ0v) is 10.5. The molecule has 1 aromatic rings. The van der Waals surface area contributed by atoms with Crippen molar-refractivity contribution in [1.82, 2.24) is 4.98 Å². The van der Waals surface area contributed by atoms with Crippen molar-refractivity contribution in [2.45, 2.75) is 6.42 Å². The summed E-state index contributed by atoms with van der Waals surface area (Å²) in [7, 11) is 0. The zero-order valence-electron chi connectivity index (χ0n) is 8.95. The first kappa shape index (κ1) is 11.9. The van der Waals surface area contributed by atoms with Gasteiger partial charge in [-0.25, -0.2) is 0 Å². The van der Waals surface area contributed by atoms with Gasteiger partial charge in [-0.15, -0.1) is 0 Å². The lowest BCUT2D eigenvalue weighted by Crippen LogP contribution is -2.25. The van der Waals surface area contributed by atoms with Crippen LogP contribution in [0.1, 0.15) is 6.42 Å². The van der Waals surface area contributed by atoms with Crippen LogP contribution in [0.15, 0.2) is 28.0 Å². The predicted octanol–water partition coefficient (Wildman–Crippen LogP) is 2.51. The van der Waals surface area contributed by atoms with Gasteiger partial charge in [0.05, 0.1) is 10.2 Å². The van der Waals surface area contributed by atoms with E-state index in [9.17, 15) is 4.79 Å². The van der Waals surface area contributed by atoms with Crippen molar-refractivity contribution in [2.24, 2.45) is 11.0 Å². The number of hydrogen-bond donors (Lipinski definition) is 0. The number of halogens is 1. The molecule has 1 aliphatic heterocycles. The van der Waals surface area contributed by atoms with Crippen LogP contribution >= 0.6 is 15.9 Å². The summed E-state index contributed by atoms with van der Waals surface area (Å²) >= 11 is 3.37. The number of carbonyl (C=O) groups is 1. The maximum Gasteiger partial charge on any atom is 0.227 e. The van der Waals surface area contributed by atoms with E-state index < -0.39 is 0 Å². The first-order valence-electron chi connectivity index (χ1n) is 5.13. The molecular weight excluding hydrogens is 286 g/mol. The highest BCUT2D eigenvalue weighted by Crippen LogP contribution is 2.30. The highest BCUT2D eigenvalue weighted by molar-refractivity contribution is 9.10. The Balaban J connectivity index is 2.16. The van der Waals surface area contributed by atoms with E-state index in [-0.39, 0.29) is 11.8 Å². The highest BCUT2D eigenvalue weighted by atomic mass is 79.9. The summed E-state index contributed by atoms with van der Waals surface area (Å²) < 4.78 is 0.790. The molecule has 0 N–H and O–H groups in total. The number of aromatic nitrogens is 1. The number of azide groups is 1. The monoisotopic (exact) mass is 295 g/mol. The lowest BCUT2D eigenvalue weighted by Gasteiger charge is -2.17. The van der Waals surface area contributed by atoms with Gasteiger partial charge in [0, 0.05) is 36.8 Å². The Morgan fingerprint density at radius 2 is 2.53 bits per heavy atom. The van der Waals surface area contributed by atoms with Crippen LogP contribution in [0.25, 0.3) is 10.4 Å². The fourth-order valence-corrected chi connectivity index (χ4v) is 2.34. The van der Waals surface area contributed by atoms with Gasteiger partial charge in [0.1, 0.15) is 0 Å². The van der Waals surface area contributed by atoms with Gasteiger partial charge in [0.15, 0.2) is 0 Å². The van der Waals surface area contributed by atoms with Gasteiger partial charge in [0.2, 0.25) is 5.91 Å². The molecule has 1 amide bonds. The maximum absolute atomic E-state index is 11.9. The van der Waals surface area contributed by atoms with Gasteiger partial charge < -0.3 is 4.90 Å². The number of anilines is 1. The maximum atomic E-state index is 11.9. The van der Waals surface area contributed by atoms with Crippen LogP contribution in [-0.2, 0) is 4.79 Å². The number of hydrogen-bond acceptors (Lipinski definition) is 3. The minimum atomic E-state index is 0.0510. The van der Waals surface area contributed by atoms with Crippen LogP contribution in [0.3, 0.4) is 0 Å². The van der Waals surface area contributed by atoms with Crippen molar-refractivity contribution >= 4 is 27.5 Å². The van der Waals surface area contributed by atoms with E-state index in [1.54, 1.807) is 23.4 Å². The minimum Gasteiger partial charge on any atom is -0.311 e. The summed E-state index contributed by atoms with van der Waals surface area (Å²) in [6.07, 6.45) is 3.73. The molecule has 1 fully saturated rings. The van der Waals surface area contributed by atoms with Crippen molar-refractivity contribution < 1.29 is 4.79 Å². The third kappa shape index (κ3) is 2.57. The Hall–Kier alpha value is -1.59. The molecule has 88 valence electrons. The Bertz CT molecular complexity index is 485. The Labute approximate surface area is 106 Å². The summed E-state index contributed by atoms with van der Waals surface area (Å²) in [4.78, 5) is 20.2. The number of carbonyl (C=O) groups excluding carboxylic acids is 1. The summed E-state index contributed by atoms with van der Waals surface area (Å²) in [5, 5.41) is 3.52. The molecule has 0 aromatic carbocycles. The van der Waals surface area contributed by atoms with Gasteiger partial charge >= 0.3 is 0 Å². The van der Waals surface area contributed by atoms with Gasteiger partial charge in [-0.05, 0) is 33.4 Å². The van der Waals surface area contributed by atoms with E-state index in [0.29, 0.717) is 19.5 Å². The second-order valence-electron chi connectivity index (χ2n) is 3.82. The molecule has 0 radical (unpaired) electrons. The number of pyridine rings is 1. The molecular formula is C10H10BrN5O. The van der Waals surface area contributed by atoms with Crippen LogP contribution in [-0.4, -0.2) is 24.0 Å². The smallest absolute Gasteiger partial charge is 0.227 e. The average molecular weight is 296 g/mol. The first-order chi connectivity index (χ1) is 8.22. The van der Waals surface area contributed by atoms with Crippen molar-refractivity contribution in [3.8, 4) is 0 Å². The van der Waals surface area contributed by atoms with Crippen molar-refractivity contribution in [3.05, 3.63) is 33.4 Å². The fraction of sp³-hybridized carbons (Fsp3) is 0.400. The fourth-order valence-electron chi connectivity index (χ4n) is 1.88. The summed E-state index contributed by atoms with van der Waals surface area (Å²) in [5.41, 5.74) is 9.08. The average Bonchev–Trinajstić information content (AvgIpc) is 2.68. The second kappa shape index (κ2) is 5.16. The van der Waals surface area contributed by atoms with Crippen molar-refractivity contribution in [1.29, 1.82) is 0 Å². The molecule has 17 heavy (non-hydrogen) atoms. The van der Waals surface area contributed by atoms with Gasteiger partial charge in [0.25, 0.3) is 0 Å². The van der Waals surface area contributed by atoms with Crippen LogP contribution in [0.5, 0.6) is 0 Å². The summed E-state index contributed by atoms with van der Waals surface area (Å²) in [6, 6.07) is 1.79. The Kier molecular flexibility index (Phi) is 3.61. The third-order valence-electron chi connectivity index (χ3n) is 2.65. The lowest BCUT2D eigenvalue weighted by molar-refractivity contribution is -0.117. The first-order valence-corrected chi connectivity index (χ1v) is 5.92.